The van der Waals surface area contributed by atoms with Crippen molar-refractivity contribution in [3.05, 3.63) is 24.5 Å². The molecule has 5 nitrogen and oxygen atoms in total. The van der Waals surface area contributed by atoms with E-state index >= 15 is 0 Å². The van der Waals surface area contributed by atoms with Crippen LogP contribution in [0, 0.1) is 0 Å². The lowest BCUT2D eigenvalue weighted by Crippen LogP contribution is -2.30. The zero-order valence-corrected chi connectivity index (χ0v) is 11.1. The van der Waals surface area contributed by atoms with Gasteiger partial charge in [-0.25, -0.2) is 0 Å². The molecule has 2 N–H and O–H groups in total. The Morgan fingerprint density at radius 2 is 2.00 bits per heavy atom. The Balaban J connectivity index is 0. The molecule has 0 unspecified atom stereocenters. The van der Waals surface area contributed by atoms with Crippen molar-refractivity contribution >= 4 is 36.4 Å². The van der Waals surface area contributed by atoms with Gasteiger partial charge < -0.3 is 15.4 Å². The summed E-state index contributed by atoms with van der Waals surface area (Å²) in [5.41, 5.74) is 0.753. The molecule has 0 aliphatic carbocycles. The Morgan fingerprint density at radius 3 is 2.59 bits per heavy atom. The topological polar surface area (TPSA) is 63.2 Å². The molecule has 1 amide bonds. The van der Waals surface area contributed by atoms with Gasteiger partial charge in [0, 0.05) is 31.7 Å². The third-order valence-corrected chi connectivity index (χ3v) is 1.73. The number of rotatable bonds is 6. The molecule has 1 aromatic rings. The van der Waals surface area contributed by atoms with Crippen LogP contribution in [0.4, 0.5) is 5.69 Å². The van der Waals surface area contributed by atoms with Crippen LogP contribution in [0.15, 0.2) is 24.5 Å². The SMILES string of the molecule is COCCNCC(=O)Nc1ccncc1.Cl.Cl. The molecule has 0 aliphatic rings. The molecule has 0 spiro atoms. The fraction of sp³-hybridized carbons (Fsp3) is 0.400. The van der Waals surface area contributed by atoms with E-state index in [1.54, 1.807) is 31.6 Å². The van der Waals surface area contributed by atoms with Crippen LogP contribution >= 0.6 is 24.8 Å². The molecule has 7 heteroatoms. The van der Waals surface area contributed by atoms with Gasteiger partial charge in [0.2, 0.25) is 5.91 Å². The van der Waals surface area contributed by atoms with E-state index in [0.717, 1.165) is 5.69 Å². The number of nitrogens with one attached hydrogen (secondary N) is 2. The summed E-state index contributed by atoms with van der Waals surface area (Å²) in [7, 11) is 1.62. The molecule has 0 saturated heterocycles. The monoisotopic (exact) mass is 281 g/mol. The van der Waals surface area contributed by atoms with Gasteiger partial charge in [0.05, 0.1) is 13.2 Å². The van der Waals surface area contributed by atoms with E-state index in [1.807, 2.05) is 0 Å². The van der Waals surface area contributed by atoms with Crippen LogP contribution in [0.25, 0.3) is 0 Å². The second-order valence-electron chi connectivity index (χ2n) is 2.95. The number of amides is 1. The Morgan fingerprint density at radius 1 is 1.35 bits per heavy atom. The molecule has 0 bridgehead atoms. The number of pyridine rings is 1. The van der Waals surface area contributed by atoms with E-state index in [2.05, 4.69) is 15.6 Å². The van der Waals surface area contributed by atoms with Crippen molar-refractivity contribution in [1.29, 1.82) is 0 Å². The first kappa shape index (κ1) is 18.5. The van der Waals surface area contributed by atoms with Crippen LogP contribution in [0.2, 0.25) is 0 Å². The number of ether oxygens (including phenoxy) is 1. The third-order valence-electron chi connectivity index (χ3n) is 1.73. The second-order valence-corrected chi connectivity index (χ2v) is 2.95. The first-order valence-electron chi connectivity index (χ1n) is 4.72. The highest BCUT2D eigenvalue weighted by atomic mass is 35.5. The van der Waals surface area contributed by atoms with Gasteiger partial charge >= 0.3 is 0 Å². The first-order chi connectivity index (χ1) is 7.33. The number of nitrogens with zero attached hydrogens (tertiary/aromatic N) is 1. The zero-order chi connectivity index (χ0) is 10.9. The molecular weight excluding hydrogens is 265 g/mol. The van der Waals surface area contributed by atoms with Crippen LogP contribution in [0.1, 0.15) is 0 Å². The molecule has 1 aromatic heterocycles. The highest BCUT2D eigenvalue weighted by Crippen LogP contribution is 2.01. The van der Waals surface area contributed by atoms with Crippen LogP contribution in [0.3, 0.4) is 0 Å². The molecule has 0 radical (unpaired) electrons. The number of methoxy groups -OCH3 is 1. The van der Waals surface area contributed by atoms with Gasteiger partial charge in [0.25, 0.3) is 0 Å². The minimum Gasteiger partial charge on any atom is -0.383 e. The van der Waals surface area contributed by atoms with Crippen molar-refractivity contribution in [2.24, 2.45) is 0 Å². The number of halogens is 2. The van der Waals surface area contributed by atoms with Crippen molar-refractivity contribution < 1.29 is 9.53 Å². The minimum atomic E-state index is -0.0719. The molecule has 0 fully saturated rings. The van der Waals surface area contributed by atoms with Crippen LogP contribution in [0.5, 0.6) is 0 Å². The van der Waals surface area contributed by atoms with Gasteiger partial charge in [-0.3, -0.25) is 9.78 Å². The predicted octanol–water partition coefficient (Wildman–Crippen LogP) is 1.10. The number of hydrogen-bond acceptors (Lipinski definition) is 4. The number of hydrogen-bond donors (Lipinski definition) is 2. The lowest BCUT2D eigenvalue weighted by molar-refractivity contribution is -0.115. The van der Waals surface area contributed by atoms with E-state index in [-0.39, 0.29) is 37.3 Å². The summed E-state index contributed by atoms with van der Waals surface area (Å²) in [4.78, 5) is 15.2. The average molecular weight is 282 g/mol. The van der Waals surface area contributed by atoms with Gasteiger partial charge in [-0.2, -0.15) is 0 Å². The molecule has 98 valence electrons. The summed E-state index contributed by atoms with van der Waals surface area (Å²) in [5, 5.41) is 5.69. The van der Waals surface area contributed by atoms with Crippen LogP contribution < -0.4 is 10.6 Å². The fourth-order valence-electron chi connectivity index (χ4n) is 1.02. The normalized spacial score (nSPS) is 8.76. The number of aromatic nitrogens is 1. The summed E-state index contributed by atoms with van der Waals surface area (Å²) in [5.74, 6) is -0.0719. The molecular formula is C10H17Cl2N3O2. The Bertz CT molecular complexity index is 299. The Labute approximate surface area is 113 Å². The second kappa shape index (κ2) is 11.6. The largest absolute Gasteiger partial charge is 0.383 e. The number of anilines is 1. The number of carbonyl (C=O) groups is 1. The van der Waals surface area contributed by atoms with Gasteiger partial charge in [0.1, 0.15) is 0 Å². The van der Waals surface area contributed by atoms with E-state index in [9.17, 15) is 4.79 Å². The standard InChI is InChI=1S/C10H15N3O2.2ClH/c1-15-7-6-12-8-10(14)13-9-2-4-11-5-3-9;;/h2-5,12H,6-8H2,1H3,(H,11,13,14);2*1H. The lowest BCUT2D eigenvalue weighted by atomic mass is 10.4. The van der Waals surface area contributed by atoms with Gasteiger partial charge in [-0.05, 0) is 12.1 Å². The van der Waals surface area contributed by atoms with Crippen molar-refractivity contribution in [3.63, 3.8) is 0 Å². The minimum absolute atomic E-state index is 0. The summed E-state index contributed by atoms with van der Waals surface area (Å²) in [6.07, 6.45) is 3.27. The maximum atomic E-state index is 11.3. The summed E-state index contributed by atoms with van der Waals surface area (Å²) in [6, 6.07) is 3.49. The third kappa shape index (κ3) is 8.88. The molecule has 17 heavy (non-hydrogen) atoms. The van der Waals surface area contributed by atoms with Gasteiger partial charge in [0.15, 0.2) is 0 Å². The van der Waals surface area contributed by atoms with Crippen molar-refractivity contribution in [2.45, 2.75) is 0 Å². The maximum absolute atomic E-state index is 11.3. The van der Waals surface area contributed by atoms with E-state index in [4.69, 9.17) is 4.74 Å². The number of carbonyl (C=O) groups excluding carboxylic acids is 1. The van der Waals surface area contributed by atoms with Crippen molar-refractivity contribution in [3.8, 4) is 0 Å². The van der Waals surface area contributed by atoms with Crippen LogP contribution in [-0.2, 0) is 9.53 Å². The van der Waals surface area contributed by atoms with E-state index in [1.165, 1.54) is 0 Å². The summed E-state index contributed by atoms with van der Waals surface area (Å²) >= 11 is 0. The Kier molecular flexibility index (Phi) is 12.6. The molecule has 0 atom stereocenters. The molecule has 0 aromatic carbocycles. The summed E-state index contributed by atoms with van der Waals surface area (Å²) in [6.45, 7) is 1.55. The maximum Gasteiger partial charge on any atom is 0.238 e. The average Bonchev–Trinajstić information content (AvgIpc) is 2.26. The van der Waals surface area contributed by atoms with Gasteiger partial charge in [-0.1, -0.05) is 0 Å². The molecule has 1 rings (SSSR count). The molecule has 1 heterocycles. The zero-order valence-electron chi connectivity index (χ0n) is 9.51. The van der Waals surface area contributed by atoms with E-state index < -0.39 is 0 Å². The fourth-order valence-corrected chi connectivity index (χ4v) is 1.02. The predicted molar refractivity (Wildman–Crippen MR) is 72.1 cm³/mol. The van der Waals surface area contributed by atoms with Crippen molar-refractivity contribution in [2.75, 3.05) is 32.1 Å². The summed E-state index contributed by atoms with van der Waals surface area (Å²) < 4.78 is 4.84. The van der Waals surface area contributed by atoms with Gasteiger partial charge in [-0.15, -0.1) is 24.8 Å². The Hall–Kier alpha value is -0.880. The van der Waals surface area contributed by atoms with E-state index in [0.29, 0.717) is 13.2 Å². The molecule has 0 saturated carbocycles. The smallest absolute Gasteiger partial charge is 0.238 e. The highest BCUT2D eigenvalue weighted by Gasteiger charge is 2.00. The first-order valence-corrected chi connectivity index (χ1v) is 4.72. The van der Waals surface area contributed by atoms with Crippen molar-refractivity contribution in [1.82, 2.24) is 10.3 Å². The lowest BCUT2D eigenvalue weighted by Gasteiger charge is -2.05. The highest BCUT2D eigenvalue weighted by molar-refractivity contribution is 5.92. The molecule has 0 aliphatic heterocycles. The van der Waals surface area contributed by atoms with Crippen LogP contribution in [-0.4, -0.2) is 37.7 Å². The quantitative estimate of drug-likeness (QED) is 0.767.